The zero-order chi connectivity index (χ0) is 8.43. The van der Waals surface area contributed by atoms with E-state index < -0.39 is 0 Å². The first-order valence-electron chi connectivity index (χ1n) is 3.02. The molecular weight excluding hydrogens is 209 g/mol. The van der Waals surface area contributed by atoms with Crippen molar-refractivity contribution >= 4 is 34.9 Å². The molecule has 5 heteroatoms. The smallest absolute Gasteiger partial charge is 0.258 e. The van der Waals surface area contributed by atoms with Gasteiger partial charge in [0.2, 0.25) is 0 Å². The van der Waals surface area contributed by atoms with Crippen molar-refractivity contribution < 1.29 is 4.92 Å². The number of nitro groups is 1. The summed E-state index contributed by atoms with van der Waals surface area (Å²) in [5, 5.41) is 10.4. The molecule has 1 rings (SSSR count). The number of hydrogen-bond donors (Lipinski definition) is 0. The quantitative estimate of drug-likeness (QED) is 0.390. The normalized spacial score (nSPS) is 9.55. The van der Waals surface area contributed by atoms with Gasteiger partial charge in [-0.25, -0.2) is 0 Å². The van der Waals surface area contributed by atoms with E-state index >= 15 is 0 Å². The monoisotopic (exact) mass is 213 g/mol. The molecule has 56 valence electrons. The van der Waals surface area contributed by atoms with E-state index in [1.807, 2.05) is 0 Å². The summed E-state index contributed by atoms with van der Waals surface area (Å²) in [4.78, 5) is 9.97. The van der Waals surface area contributed by atoms with Gasteiger partial charge in [-0.15, -0.1) is 0 Å². The average Bonchev–Trinajstić information content (AvgIpc) is 1.94. The Labute approximate surface area is 73.1 Å². The Morgan fingerprint density at radius 1 is 1.55 bits per heavy atom. The maximum atomic E-state index is 10.4. The highest BCUT2D eigenvalue weighted by atomic mass is 79.9. The highest BCUT2D eigenvalue weighted by Crippen LogP contribution is 2.14. The van der Waals surface area contributed by atoms with Gasteiger partial charge < -0.3 is 0 Å². The molecule has 0 atom stereocenters. The van der Waals surface area contributed by atoms with Crippen molar-refractivity contribution in [1.29, 1.82) is 0 Å². The molecule has 0 saturated carbocycles. The zero-order valence-corrected chi connectivity index (χ0v) is 7.46. The van der Waals surface area contributed by atoms with E-state index in [9.17, 15) is 10.1 Å². The van der Waals surface area contributed by atoms with E-state index in [1.165, 1.54) is 6.07 Å². The molecule has 0 aromatic heterocycles. The molecule has 0 aliphatic rings. The van der Waals surface area contributed by atoms with Crippen molar-refractivity contribution in [3.8, 4) is 0 Å². The van der Waals surface area contributed by atoms with Crippen molar-refractivity contribution in [2.24, 2.45) is 0 Å². The second kappa shape index (κ2) is 3.05. The topological polar surface area (TPSA) is 43.1 Å². The number of nitrogens with zero attached hydrogens (tertiary/aromatic N) is 1. The SMILES string of the molecule is Bc1ccc(Br)cc1[N+](=O)[O-]. The van der Waals surface area contributed by atoms with Crippen molar-refractivity contribution in [1.82, 2.24) is 0 Å². The predicted molar refractivity (Wildman–Crippen MR) is 49.0 cm³/mol. The number of nitro benzene ring substituents is 1. The molecule has 0 radical (unpaired) electrons. The average molecular weight is 214 g/mol. The molecule has 3 nitrogen and oxygen atoms in total. The molecule has 0 N–H and O–H groups in total. The van der Waals surface area contributed by atoms with Crippen LogP contribution in [0.1, 0.15) is 0 Å². The first-order valence-corrected chi connectivity index (χ1v) is 3.81. The molecular formula is C6H5BBrNO2. The lowest BCUT2D eigenvalue weighted by Crippen LogP contribution is -2.08. The van der Waals surface area contributed by atoms with Crippen molar-refractivity contribution in [2.75, 3.05) is 0 Å². The molecule has 0 aliphatic heterocycles. The fourth-order valence-electron chi connectivity index (χ4n) is 0.779. The van der Waals surface area contributed by atoms with Gasteiger partial charge in [0.05, 0.1) is 4.92 Å². The van der Waals surface area contributed by atoms with Crippen LogP contribution in [0.5, 0.6) is 0 Å². The Morgan fingerprint density at radius 2 is 2.18 bits per heavy atom. The molecule has 0 aliphatic carbocycles. The fourth-order valence-corrected chi connectivity index (χ4v) is 1.13. The first-order chi connectivity index (χ1) is 5.11. The molecule has 0 spiro atoms. The largest absolute Gasteiger partial charge is 0.264 e. The summed E-state index contributed by atoms with van der Waals surface area (Å²) in [7, 11) is 1.71. The molecule has 0 saturated heterocycles. The van der Waals surface area contributed by atoms with Crippen LogP contribution < -0.4 is 5.46 Å². The lowest BCUT2D eigenvalue weighted by atomic mass is 9.94. The maximum absolute atomic E-state index is 10.4. The van der Waals surface area contributed by atoms with Crippen molar-refractivity contribution in [3.05, 3.63) is 32.8 Å². The summed E-state index contributed by atoms with van der Waals surface area (Å²) in [5.74, 6) is 0. The molecule has 1 aromatic rings. The summed E-state index contributed by atoms with van der Waals surface area (Å²) in [6, 6.07) is 4.99. The third-order valence-electron chi connectivity index (χ3n) is 1.37. The van der Waals surface area contributed by atoms with Crippen LogP contribution in [0.3, 0.4) is 0 Å². The van der Waals surface area contributed by atoms with Crippen LogP contribution in [0.2, 0.25) is 0 Å². The maximum Gasteiger partial charge on any atom is 0.264 e. The minimum absolute atomic E-state index is 0.152. The van der Waals surface area contributed by atoms with Gasteiger partial charge in [-0.2, -0.15) is 0 Å². The van der Waals surface area contributed by atoms with E-state index in [0.717, 1.165) is 4.47 Å². The Kier molecular flexibility index (Phi) is 2.29. The molecule has 0 heterocycles. The van der Waals surface area contributed by atoms with Gasteiger partial charge in [-0.1, -0.05) is 22.0 Å². The van der Waals surface area contributed by atoms with Gasteiger partial charge in [0, 0.05) is 10.5 Å². The fraction of sp³-hybridized carbons (Fsp3) is 0. The van der Waals surface area contributed by atoms with Crippen LogP contribution in [0, 0.1) is 10.1 Å². The van der Waals surface area contributed by atoms with Crippen molar-refractivity contribution in [2.45, 2.75) is 0 Å². The molecule has 0 amide bonds. The van der Waals surface area contributed by atoms with Gasteiger partial charge in [0.15, 0.2) is 0 Å². The number of hydrogen-bond acceptors (Lipinski definition) is 2. The lowest BCUT2D eigenvalue weighted by molar-refractivity contribution is -0.383. The second-order valence-electron chi connectivity index (χ2n) is 2.19. The predicted octanol–water partition coefficient (Wildman–Crippen LogP) is 0.616. The highest BCUT2D eigenvalue weighted by molar-refractivity contribution is 9.10. The van der Waals surface area contributed by atoms with E-state index in [2.05, 4.69) is 15.9 Å². The minimum Gasteiger partial charge on any atom is -0.258 e. The van der Waals surface area contributed by atoms with E-state index in [0.29, 0.717) is 5.46 Å². The van der Waals surface area contributed by atoms with Gasteiger partial charge in [-0.3, -0.25) is 10.1 Å². The molecule has 11 heavy (non-hydrogen) atoms. The van der Waals surface area contributed by atoms with Crippen LogP contribution in [0.25, 0.3) is 0 Å². The minimum atomic E-state index is -0.389. The molecule has 0 unspecified atom stereocenters. The highest BCUT2D eigenvalue weighted by Gasteiger charge is 2.08. The molecule has 1 aromatic carbocycles. The second-order valence-corrected chi connectivity index (χ2v) is 3.10. The summed E-state index contributed by atoms with van der Waals surface area (Å²) in [5.41, 5.74) is 0.831. The number of rotatable bonds is 1. The molecule has 0 fully saturated rings. The van der Waals surface area contributed by atoms with E-state index in [1.54, 1.807) is 20.0 Å². The summed E-state index contributed by atoms with van der Waals surface area (Å²) >= 11 is 3.16. The summed E-state index contributed by atoms with van der Waals surface area (Å²) < 4.78 is 0.731. The van der Waals surface area contributed by atoms with Gasteiger partial charge in [-0.05, 0) is 11.5 Å². The van der Waals surface area contributed by atoms with Crippen LogP contribution >= 0.6 is 15.9 Å². The summed E-state index contributed by atoms with van der Waals surface area (Å²) in [6.45, 7) is 0. The number of halogens is 1. The van der Waals surface area contributed by atoms with Gasteiger partial charge in [0.25, 0.3) is 5.69 Å². The Balaban J connectivity index is 3.23. The van der Waals surface area contributed by atoms with Crippen molar-refractivity contribution in [3.63, 3.8) is 0 Å². The third kappa shape index (κ3) is 1.80. The van der Waals surface area contributed by atoms with Crippen LogP contribution in [0.4, 0.5) is 5.69 Å². The standard InChI is InChI=1S/C6H5BBrNO2/c7-5-2-1-4(8)3-6(5)9(10)11/h1-3H,7H2. The lowest BCUT2D eigenvalue weighted by Gasteiger charge is -1.95. The Hall–Kier alpha value is -0.835. The summed E-state index contributed by atoms with van der Waals surface area (Å²) in [6.07, 6.45) is 0. The van der Waals surface area contributed by atoms with Gasteiger partial charge >= 0.3 is 0 Å². The van der Waals surface area contributed by atoms with Crippen LogP contribution in [-0.2, 0) is 0 Å². The zero-order valence-electron chi connectivity index (χ0n) is 5.87. The number of benzene rings is 1. The van der Waals surface area contributed by atoms with E-state index in [4.69, 9.17) is 0 Å². The Morgan fingerprint density at radius 3 is 2.64 bits per heavy atom. The van der Waals surface area contributed by atoms with Crippen LogP contribution in [-0.4, -0.2) is 12.8 Å². The van der Waals surface area contributed by atoms with E-state index in [-0.39, 0.29) is 10.6 Å². The third-order valence-corrected chi connectivity index (χ3v) is 1.86. The first kappa shape index (κ1) is 8.26. The van der Waals surface area contributed by atoms with Crippen LogP contribution in [0.15, 0.2) is 22.7 Å². The molecule has 0 bridgehead atoms. The van der Waals surface area contributed by atoms with Gasteiger partial charge in [0.1, 0.15) is 7.85 Å². The Bertz CT molecular complexity index is 303.